The number of carbonyl (C=O) groups excluding carboxylic acids is 1. The van der Waals surface area contributed by atoms with Crippen LogP contribution in [-0.2, 0) is 12.7 Å². The van der Waals surface area contributed by atoms with Gasteiger partial charge in [-0.1, -0.05) is 26.0 Å². The predicted octanol–water partition coefficient (Wildman–Crippen LogP) is 3.90. The third kappa shape index (κ3) is 4.73. The summed E-state index contributed by atoms with van der Waals surface area (Å²) < 4.78 is 38.1. The summed E-state index contributed by atoms with van der Waals surface area (Å²) in [5.41, 5.74) is 1.66. The van der Waals surface area contributed by atoms with Gasteiger partial charge < -0.3 is 4.90 Å². The Labute approximate surface area is 162 Å². The van der Waals surface area contributed by atoms with Crippen LogP contribution in [0.25, 0.3) is 0 Å². The van der Waals surface area contributed by atoms with E-state index in [1.54, 1.807) is 6.20 Å². The number of nitrogens with zero attached hydrogens (tertiary/aromatic N) is 3. The molecule has 2 aromatic rings. The maximum absolute atomic E-state index is 12.9. The molecule has 0 aliphatic carbocycles. The maximum Gasteiger partial charge on any atom is 0.416 e. The Morgan fingerprint density at radius 2 is 1.86 bits per heavy atom. The second kappa shape index (κ2) is 8.34. The SMILES string of the molecule is CC(C)c1[nH]ncc1C(=O)N1CCCN(Cc2ccc(C(F)(F)F)cc2)CC1. The first kappa shape index (κ1) is 20.4. The van der Waals surface area contributed by atoms with Crippen LogP contribution in [0.5, 0.6) is 0 Å². The number of carbonyl (C=O) groups is 1. The van der Waals surface area contributed by atoms with E-state index in [0.717, 1.165) is 36.4 Å². The molecule has 2 heterocycles. The van der Waals surface area contributed by atoms with Gasteiger partial charge in [0.1, 0.15) is 0 Å². The minimum atomic E-state index is -4.32. The molecule has 0 atom stereocenters. The van der Waals surface area contributed by atoms with Crippen molar-refractivity contribution < 1.29 is 18.0 Å². The summed E-state index contributed by atoms with van der Waals surface area (Å²) in [6.45, 7) is 7.32. The molecule has 1 saturated heterocycles. The second-order valence-corrected chi connectivity index (χ2v) is 7.47. The van der Waals surface area contributed by atoms with Crippen molar-refractivity contribution in [2.24, 2.45) is 0 Å². The molecule has 1 amide bonds. The summed E-state index contributed by atoms with van der Waals surface area (Å²) in [5, 5.41) is 6.92. The lowest BCUT2D eigenvalue weighted by Crippen LogP contribution is -2.35. The first-order chi connectivity index (χ1) is 13.3. The number of aromatic nitrogens is 2. The fraction of sp³-hybridized carbons (Fsp3) is 0.500. The number of benzene rings is 1. The molecule has 0 spiro atoms. The van der Waals surface area contributed by atoms with Crippen LogP contribution in [0, 0.1) is 0 Å². The van der Waals surface area contributed by atoms with E-state index < -0.39 is 11.7 Å². The van der Waals surface area contributed by atoms with Crippen molar-refractivity contribution in [3.05, 3.63) is 52.8 Å². The number of rotatable bonds is 4. The molecular formula is C20H25F3N4O. The third-order valence-electron chi connectivity index (χ3n) is 5.04. The van der Waals surface area contributed by atoms with Gasteiger partial charge >= 0.3 is 6.18 Å². The van der Waals surface area contributed by atoms with E-state index in [0.29, 0.717) is 31.7 Å². The van der Waals surface area contributed by atoms with Gasteiger partial charge in [0.15, 0.2) is 0 Å². The molecule has 8 heteroatoms. The standard InChI is InChI=1S/C20H25F3N4O/c1-14(2)18-17(12-24-25-18)19(28)27-9-3-8-26(10-11-27)13-15-4-6-16(7-5-15)20(21,22)23/h4-7,12,14H,3,8-11,13H2,1-2H3,(H,24,25). The Kier molecular flexibility index (Phi) is 6.07. The summed E-state index contributed by atoms with van der Waals surface area (Å²) >= 11 is 0. The lowest BCUT2D eigenvalue weighted by atomic mass is 10.1. The van der Waals surface area contributed by atoms with Crippen LogP contribution >= 0.6 is 0 Å². The Bertz CT molecular complexity index is 799. The molecule has 0 bridgehead atoms. The van der Waals surface area contributed by atoms with Gasteiger partial charge in [-0.2, -0.15) is 18.3 Å². The topological polar surface area (TPSA) is 52.2 Å². The number of alkyl halides is 3. The number of amides is 1. The smallest absolute Gasteiger partial charge is 0.337 e. The minimum Gasteiger partial charge on any atom is -0.337 e. The lowest BCUT2D eigenvalue weighted by molar-refractivity contribution is -0.137. The van der Waals surface area contributed by atoms with E-state index in [2.05, 4.69) is 15.1 Å². The Hall–Kier alpha value is -2.35. The lowest BCUT2D eigenvalue weighted by Gasteiger charge is -2.22. The molecule has 1 aliphatic heterocycles. The summed E-state index contributed by atoms with van der Waals surface area (Å²) in [4.78, 5) is 16.9. The number of nitrogens with one attached hydrogen (secondary N) is 1. The number of aromatic amines is 1. The average Bonchev–Trinajstić information content (AvgIpc) is 3.02. The van der Waals surface area contributed by atoms with E-state index >= 15 is 0 Å². The van der Waals surface area contributed by atoms with Crippen LogP contribution in [0.15, 0.2) is 30.5 Å². The molecule has 5 nitrogen and oxygen atoms in total. The maximum atomic E-state index is 12.9. The van der Waals surface area contributed by atoms with Crippen LogP contribution in [0.4, 0.5) is 13.2 Å². The molecule has 1 aliphatic rings. The van der Waals surface area contributed by atoms with Crippen molar-refractivity contribution in [2.45, 2.75) is 38.9 Å². The van der Waals surface area contributed by atoms with Gasteiger partial charge in [-0.05, 0) is 30.0 Å². The van der Waals surface area contributed by atoms with Crippen LogP contribution in [-0.4, -0.2) is 52.1 Å². The van der Waals surface area contributed by atoms with Crippen LogP contribution in [0.3, 0.4) is 0 Å². The number of H-pyrrole nitrogens is 1. The van der Waals surface area contributed by atoms with Gasteiger partial charge in [-0.25, -0.2) is 0 Å². The minimum absolute atomic E-state index is 0.0196. The van der Waals surface area contributed by atoms with Gasteiger partial charge in [-0.3, -0.25) is 14.8 Å². The Balaban J connectivity index is 1.60. The monoisotopic (exact) mass is 394 g/mol. The fourth-order valence-corrected chi connectivity index (χ4v) is 3.47. The van der Waals surface area contributed by atoms with E-state index in [1.807, 2.05) is 18.7 Å². The Morgan fingerprint density at radius 3 is 2.50 bits per heavy atom. The zero-order valence-corrected chi connectivity index (χ0v) is 16.1. The zero-order chi connectivity index (χ0) is 20.3. The van der Waals surface area contributed by atoms with E-state index in [1.165, 1.54) is 12.1 Å². The Morgan fingerprint density at radius 1 is 1.14 bits per heavy atom. The summed E-state index contributed by atoms with van der Waals surface area (Å²) in [6, 6.07) is 5.29. The predicted molar refractivity (Wildman–Crippen MR) is 99.9 cm³/mol. The number of hydrogen-bond donors (Lipinski definition) is 1. The molecule has 28 heavy (non-hydrogen) atoms. The van der Waals surface area contributed by atoms with Crippen molar-refractivity contribution >= 4 is 5.91 Å². The number of halogens is 3. The highest BCUT2D eigenvalue weighted by atomic mass is 19.4. The van der Waals surface area contributed by atoms with Gasteiger partial charge in [0, 0.05) is 32.7 Å². The zero-order valence-electron chi connectivity index (χ0n) is 16.1. The summed E-state index contributed by atoms with van der Waals surface area (Å²) in [6.07, 6.45) is -1.91. The highest BCUT2D eigenvalue weighted by Crippen LogP contribution is 2.29. The highest BCUT2D eigenvalue weighted by Gasteiger charge is 2.30. The van der Waals surface area contributed by atoms with Crippen LogP contribution in [0.2, 0.25) is 0 Å². The quantitative estimate of drug-likeness (QED) is 0.856. The number of hydrogen-bond acceptors (Lipinski definition) is 3. The first-order valence-electron chi connectivity index (χ1n) is 9.46. The average molecular weight is 394 g/mol. The molecule has 1 fully saturated rings. The fourth-order valence-electron chi connectivity index (χ4n) is 3.47. The van der Waals surface area contributed by atoms with Crippen molar-refractivity contribution in [2.75, 3.05) is 26.2 Å². The van der Waals surface area contributed by atoms with E-state index in [4.69, 9.17) is 0 Å². The van der Waals surface area contributed by atoms with Gasteiger partial charge in [0.2, 0.25) is 0 Å². The molecule has 1 aromatic heterocycles. The largest absolute Gasteiger partial charge is 0.416 e. The van der Waals surface area contributed by atoms with E-state index in [9.17, 15) is 18.0 Å². The second-order valence-electron chi connectivity index (χ2n) is 7.47. The molecule has 0 saturated carbocycles. The molecule has 0 radical (unpaired) electrons. The van der Waals surface area contributed by atoms with Gasteiger partial charge in [0.05, 0.1) is 23.0 Å². The molecule has 3 rings (SSSR count). The van der Waals surface area contributed by atoms with Crippen molar-refractivity contribution in [3.8, 4) is 0 Å². The van der Waals surface area contributed by atoms with Crippen molar-refractivity contribution in [3.63, 3.8) is 0 Å². The van der Waals surface area contributed by atoms with Crippen LogP contribution in [0.1, 0.15) is 53.4 Å². The van der Waals surface area contributed by atoms with Crippen molar-refractivity contribution in [1.29, 1.82) is 0 Å². The highest BCUT2D eigenvalue weighted by molar-refractivity contribution is 5.95. The summed E-state index contributed by atoms with van der Waals surface area (Å²) in [7, 11) is 0. The van der Waals surface area contributed by atoms with Gasteiger partial charge in [-0.15, -0.1) is 0 Å². The first-order valence-corrected chi connectivity index (χ1v) is 9.46. The normalized spacial score (nSPS) is 16.4. The molecule has 1 N–H and O–H groups in total. The summed E-state index contributed by atoms with van der Waals surface area (Å²) in [5.74, 6) is 0.165. The van der Waals surface area contributed by atoms with Crippen molar-refractivity contribution in [1.82, 2.24) is 20.0 Å². The molecule has 0 unspecified atom stereocenters. The van der Waals surface area contributed by atoms with Gasteiger partial charge in [0.25, 0.3) is 5.91 Å². The van der Waals surface area contributed by atoms with Crippen LogP contribution < -0.4 is 0 Å². The molecular weight excluding hydrogens is 369 g/mol. The third-order valence-corrected chi connectivity index (χ3v) is 5.04. The molecule has 152 valence electrons. The molecule has 1 aromatic carbocycles. The van der Waals surface area contributed by atoms with E-state index in [-0.39, 0.29) is 11.8 Å².